The van der Waals surface area contributed by atoms with Crippen molar-refractivity contribution in [2.45, 2.75) is 50.5 Å². The van der Waals surface area contributed by atoms with Gasteiger partial charge in [-0.1, -0.05) is 26.0 Å². The fraction of sp³-hybridized carbons (Fsp3) is 0.625. The Hall–Kier alpha value is -1.07. The van der Waals surface area contributed by atoms with Crippen LogP contribution in [0.3, 0.4) is 0 Å². The zero-order valence-electron chi connectivity index (χ0n) is 13.3. The van der Waals surface area contributed by atoms with E-state index in [4.69, 9.17) is 4.74 Å². The number of hydrogen-bond acceptors (Lipinski definition) is 4. The highest BCUT2D eigenvalue weighted by Gasteiger charge is 2.19. The van der Waals surface area contributed by atoms with E-state index in [9.17, 15) is 8.42 Å². The van der Waals surface area contributed by atoms with Crippen LogP contribution in [0.1, 0.15) is 39.5 Å². The van der Waals surface area contributed by atoms with Gasteiger partial charge in [-0.25, -0.2) is 8.42 Å². The maximum absolute atomic E-state index is 12.4. The summed E-state index contributed by atoms with van der Waals surface area (Å²) in [5, 5.41) is 3.45. The Bertz CT molecular complexity index is 514. The lowest BCUT2D eigenvalue weighted by Gasteiger charge is -2.16. The SMILES string of the molecule is CCCNC(CC)CCCS(=O)(=O)c1ccccc1OC. The number of hydrogen-bond donors (Lipinski definition) is 1. The molecule has 21 heavy (non-hydrogen) atoms. The summed E-state index contributed by atoms with van der Waals surface area (Å²) >= 11 is 0. The van der Waals surface area contributed by atoms with Crippen LogP contribution in [-0.4, -0.2) is 33.9 Å². The molecule has 0 aromatic heterocycles. The average Bonchev–Trinajstić information content (AvgIpc) is 2.50. The van der Waals surface area contributed by atoms with Crippen LogP contribution in [0.15, 0.2) is 29.2 Å². The number of rotatable bonds is 10. The van der Waals surface area contributed by atoms with Crippen molar-refractivity contribution in [1.29, 1.82) is 0 Å². The maximum atomic E-state index is 12.4. The van der Waals surface area contributed by atoms with Gasteiger partial charge in [-0.15, -0.1) is 0 Å². The number of ether oxygens (including phenoxy) is 1. The van der Waals surface area contributed by atoms with Crippen LogP contribution < -0.4 is 10.1 Å². The average molecular weight is 313 g/mol. The van der Waals surface area contributed by atoms with Gasteiger partial charge < -0.3 is 10.1 Å². The Labute approximate surface area is 128 Å². The van der Waals surface area contributed by atoms with E-state index < -0.39 is 9.84 Å². The molecule has 0 amide bonds. The molecule has 0 fully saturated rings. The van der Waals surface area contributed by atoms with Crippen molar-refractivity contribution >= 4 is 9.84 Å². The van der Waals surface area contributed by atoms with Gasteiger partial charge in [0, 0.05) is 6.04 Å². The molecule has 0 saturated heterocycles. The van der Waals surface area contributed by atoms with E-state index in [1.807, 2.05) is 0 Å². The monoisotopic (exact) mass is 313 g/mol. The van der Waals surface area contributed by atoms with Gasteiger partial charge >= 0.3 is 0 Å². The number of para-hydroxylation sites is 1. The molecule has 120 valence electrons. The van der Waals surface area contributed by atoms with E-state index in [1.165, 1.54) is 7.11 Å². The fourth-order valence-electron chi connectivity index (χ4n) is 2.30. The first-order valence-corrected chi connectivity index (χ1v) is 9.29. The molecule has 1 atom stereocenters. The highest BCUT2D eigenvalue weighted by Crippen LogP contribution is 2.24. The van der Waals surface area contributed by atoms with Gasteiger partial charge in [0.1, 0.15) is 10.6 Å². The van der Waals surface area contributed by atoms with Gasteiger partial charge in [0.15, 0.2) is 9.84 Å². The van der Waals surface area contributed by atoms with Gasteiger partial charge in [-0.05, 0) is 44.4 Å². The first-order chi connectivity index (χ1) is 10.0. The van der Waals surface area contributed by atoms with E-state index in [-0.39, 0.29) is 5.75 Å². The summed E-state index contributed by atoms with van der Waals surface area (Å²) in [6.07, 6.45) is 3.66. The summed E-state index contributed by atoms with van der Waals surface area (Å²) in [6.45, 7) is 5.24. The van der Waals surface area contributed by atoms with Crippen molar-refractivity contribution in [3.8, 4) is 5.75 Å². The van der Waals surface area contributed by atoms with Crippen LogP contribution in [0.2, 0.25) is 0 Å². The topological polar surface area (TPSA) is 55.4 Å². The fourth-order valence-corrected chi connectivity index (χ4v) is 3.81. The van der Waals surface area contributed by atoms with Crippen molar-refractivity contribution < 1.29 is 13.2 Å². The van der Waals surface area contributed by atoms with Crippen LogP contribution >= 0.6 is 0 Å². The first kappa shape index (κ1) is 18.0. The van der Waals surface area contributed by atoms with E-state index in [1.54, 1.807) is 24.3 Å². The molecule has 1 N–H and O–H groups in total. The highest BCUT2D eigenvalue weighted by atomic mass is 32.2. The molecule has 0 aliphatic carbocycles. The number of benzene rings is 1. The van der Waals surface area contributed by atoms with Crippen LogP contribution in [0, 0.1) is 0 Å². The van der Waals surface area contributed by atoms with Crippen LogP contribution in [-0.2, 0) is 9.84 Å². The minimum absolute atomic E-state index is 0.164. The number of methoxy groups -OCH3 is 1. The van der Waals surface area contributed by atoms with Gasteiger partial charge in [-0.2, -0.15) is 0 Å². The lowest BCUT2D eigenvalue weighted by molar-refractivity contribution is 0.402. The van der Waals surface area contributed by atoms with Crippen LogP contribution in [0.4, 0.5) is 0 Å². The molecule has 5 heteroatoms. The molecule has 0 saturated carbocycles. The number of sulfone groups is 1. The van der Waals surface area contributed by atoms with Crippen molar-refractivity contribution in [3.63, 3.8) is 0 Å². The van der Waals surface area contributed by atoms with Crippen LogP contribution in [0.5, 0.6) is 5.75 Å². The van der Waals surface area contributed by atoms with Crippen molar-refractivity contribution in [2.75, 3.05) is 19.4 Å². The van der Waals surface area contributed by atoms with E-state index in [0.717, 1.165) is 25.8 Å². The molecular formula is C16H27NO3S. The van der Waals surface area contributed by atoms with Gasteiger partial charge in [-0.3, -0.25) is 0 Å². The van der Waals surface area contributed by atoms with Gasteiger partial charge in [0.2, 0.25) is 0 Å². The third-order valence-electron chi connectivity index (χ3n) is 3.55. The lowest BCUT2D eigenvalue weighted by Crippen LogP contribution is -2.29. The summed E-state index contributed by atoms with van der Waals surface area (Å²) in [4.78, 5) is 0.294. The first-order valence-electron chi connectivity index (χ1n) is 7.64. The Morgan fingerprint density at radius 2 is 1.95 bits per heavy atom. The zero-order valence-corrected chi connectivity index (χ0v) is 14.1. The summed E-state index contributed by atoms with van der Waals surface area (Å²) in [5.41, 5.74) is 0. The molecule has 0 aliphatic heterocycles. The van der Waals surface area contributed by atoms with Crippen molar-refractivity contribution in [2.24, 2.45) is 0 Å². The second-order valence-corrected chi connectivity index (χ2v) is 7.25. The third-order valence-corrected chi connectivity index (χ3v) is 5.38. The second kappa shape index (κ2) is 9.05. The van der Waals surface area contributed by atoms with E-state index in [0.29, 0.717) is 23.1 Å². The molecular weight excluding hydrogens is 286 g/mol. The zero-order chi connectivity index (χ0) is 15.7. The summed E-state index contributed by atoms with van der Waals surface area (Å²) < 4.78 is 29.9. The molecule has 1 aromatic rings. The van der Waals surface area contributed by atoms with Crippen LogP contribution in [0.25, 0.3) is 0 Å². The standard InChI is InChI=1S/C16H27NO3S/c1-4-12-17-14(5-2)9-8-13-21(18,19)16-11-7-6-10-15(16)20-3/h6-7,10-11,14,17H,4-5,8-9,12-13H2,1-3H3. The molecule has 0 bridgehead atoms. The molecule has 0 radical (unpaired) electrons. The van der Waals surface area contributed by atoms with Gasteiger partial charge in [0.25, 0.3) is 0 Å². The Morgan fingerprint density at radius 3 is 2.57 bits per heavy atom. The molecule has 1 rings (SSSR count). The molecule has 0 spiro atoms. The minimum atomic E-state index is -3.28. The molecule has 4 nitrogen and oxygen atoms in total. The largest absolute Gasteiger partial charge is 0.495 e. The Morgan fingerprint density at radius 1 is 1.24 bits per heavy atom. The molecule has 1 aromatic carbocycles. The summed E-state index contributed by atoms with van der Waals surface area (Å²) in [5.74, 6) is 0.589. The summed E-state index contributed by atoms with van der Waals surface area (Å²) in [7, 11) is -1.78. The maximum Gasteiger partial charge on any atom is 0.182 e. The molecule has 0 aliphatic rings. The van der Waals surface area contributed by atoms with Gasteiger partial charge in [0.05, 0.1) is 12.9 Å². The quantitative estimate of drug-likeness (QED) is 0.721. The summed E-state index contributed by atoms with van der Waals surface area (Å²) in [6, 6.07) is 7.20. The lowest BCUT2D eigenvalue weighted by atomic mass is 10.1. The Kier molecular flexibility index (Phi) is 7.75. The van der Waals surface area contributed by atoms with E-state index in [2.05, 4.69) is 19.2 Å². The highest BCUT2D eigenvalue weighted by molar-refractivity contribution is 7.91. The normalized spacial score (nSPS) is 13.1. The smallest absolute Gasteiger partial charge is 0.182 e. The predicted octanol–water partition coefficient (Wildman–Crippen LogP) is 3.03. The van der Waals surface area contributed by atoms with E-state index >= 15 is 0 Å². The van der Waals surface area contributed by atoms with Crippen molar-refractivity contribution in [1.82, 2.24) is 5.32 Å². The molecule has 1 unspecified atom stereocenters. The Balaban J connectivity index is 2.61. The second-order valence-electron chi connectivity index (χ2n) is 5.17. The minimum Gasteiger partial charge on any atom is -0.495 e. The predicted molar refractivity (Wildman–Crippen MR) is 86.7 cm³/mol. The molecule has 0 heterocycles. The third kappa shape index (κ3) is 5.67. The van der Waals surface area contributed by atoms with Crippen molar-refractivity contribution in [3.05, 3.63) is 24.3 Å². The number of nitrogens with one attached hydrogen (secondary N) is 1.